The first-order valence-electron chi connectivity index (χ1n) is 7.29. The molecule has 1 saturated heterocycles. The molecule has 0 aromatic heterocycles. The lowest BCUT2D eigenvalue weighted by Crippen LogP contribution is -2.51. The van der Waals surface area contributed by atoms with Crippen LogP contribution in [0.5, 0.6) is 0 Å². The Morgan fingerprint density at radius 1 is 1.35 bits per heavy atom. The van der Waals surface area contributed by atoms with E-state index in [0.717, 1.165) is 4.31 Å². The highest BCUT2D eigenvalue weighted by atomic mass is 32.2. The Hall–Kier alpha value is -1.93. The van der Waals surface area contributed by atoms with Crippen molar-refractivity contribution in [2.24, 2.45) is 11.7 Å². The first-order valence-corrected chi connectivity index (χ1v) is 8.73. The Bertz CT molecular complexity index is 744. The molecular formula is C15H20N2O5S. The molecule has 1 heterocycles. The smallest absolute Gasteiger partial charge is 0.335 e. The molecule has 2 rings (SSSR count). The summed E-state index contributed by atoms with van der Waals surface area (Å²) in [6, 6.07) is 2.95. The summed E-state index contributed by atoms with van der Waals surface area (Å²) in [7, 11) is -3.91. The maximum absolute atomic E-state index is 12.8. The molecule has 0 saturated carbocycles. The summed E-state index contributed by atoms with van der Waals surface area (Å²) < 4.78 is 26.8. The number of benzene rings is 1. The van der Waals surface area contributed by atoms with Gasteiger partial charge in [0.1, 0.15) is 6.04 Å². The predicted molar refractivity (Wildman–Crippen MR) is 83.4 cm³/mol. The summed E-state index contributed by atoms with van der Waals surface area (Å²) >= 11 is 0. The molecule has 2 atom stereocenters. The number of piperidine rings is 1. The molecule has 8 heteroatoms. The standard InChI is InChI=1S/C15H20N2O5S/c1-9-5-6-17(13(7-9)14(16)18)23(21,22)11-3-4-12(15(19)20)10(2)8-11/h3-4,8-9,13H,5-7H2,1-2H3,(H2,16,18)(H,19,20). The second-order valence-corrected chi connectivity index (χ2v) is 7.84. The zero-order valence-corrected chi connectivity index (χ0v) is 13.8. The van der Waals surface area contributed by atoms with Crippen LogP contribution in [0.4, 0.5) is 0 Å². The number of nitrogens with two attached hydrogens (primary N) is 1. The number of rotatable bonds is 4. The number of nitrogens with zero attached hydrogens (tertiary/aromatic N) is 1. The third-order valence-electron chi connectivity index (χ3n) is 4.18. The van der Waals surface area contributed by atoms with Crippen LogP contribution in [0, 0.1) is 12.8 Å². The van der Waals surface area contributed by atoms with Crippen LogP contribution in [-0.4, -0.2) is 42.3 Å². The largest absolute Gasteiger partial charge is 0.478 e. The molecule has 3 N–H and O–H groups in total. The Labute approximate surface area is 135 Å². The number of hydrogen-bond donors (Lipinski definition) is 2. The first kappa shape index (κ1) is 17.4. The van der Waals surface area contributed by atoms with Gasteiger partial charge in [-0.25, -0.2) is 13.2 Å². The highest BCUT2D eigenvalue weighted by Crippen LogP contribution is 2.29. The molecule has 1 aromatic rings. The zero-order valence-electron chi connectivity index (χ0n) is 13.0. The summed E-state index contributed by atoms with van der Waals surface area (Å²) in [4.78, 5) is 22.7. The van der Waals surface area contributed by atoms with Gasteiger partial charge < -0.3 is 10.8 Å². The minimum atomic E-state index is -3.91. The van der Waals surface area contributed by atoms with E-state index in [1.807, 2.05) is 6.92 Å². The van der Waals surface area contributed by atoms with Gasteiger partial charge >= 0.3 is 5.97 Å². The molecule has 23 heavy (non-hydrogen) atoms. The topological polar surface area (TPSA) is 118 Å². The minimum absolute atomic E-state index is 0.0270. The van der Waals surface area contributed by atoms with E-state index in [9.17, 15) is 18.0 Å². The zero-order chi connectivity index (χ0) is 17.4. The van der Waals surface area contributed by atoms with Crippen LogP contribution in [0.1, 0.15) is 35.7 Å². The van der Waals surface area contributed by atoms with Crippen molar-refractivity contribution in [1.29, 1.82) is 0 Å². The van der Waals surface area contributed by atoms with E-state index in [-0.39, 0.29) is 22.9 Å². The summed E-state index contributed by atoms with van der Waals surface area (Å²) in [6.07, 6.45) is 1.04. The van der Waals surface area contributed by atoms with Crippen molar-refractivity contribution in [1.82, 2.24) is 4.31 Å². The van der Waals surface area contributed by atoms with Crippen molar-refractivity contribution in [3.63, 3.8) is 0 Å². The Kier molecular flexibility index (Phi) is 4.76. The average molecular weight is 340 g/mol. The van der Waals surface area contributed by atoms with Crippen molar-refractivity contribution in [3.05, 3.63) is 29.3 Å². The summed E-state index contributed by atoms with van der Waals surface area (Å²) in [5.74, 6) is -1.57. The third-order valence-corrected chi connectivity index (χ3v) is 6.08. The van der Waals surface area contributed by atoms with Crippen LogP contribution >= 0.6 is 0 Å². The van der Waals surface area contributed by atoms with E-state index in [1.165, 1.54) is 25.1 Å². The van der Waals surface area contributed by atoms with Crippen molar-refractivity contribution >= 4 is 21.9 Å². The highest BCUT2D eigenvalue weighted by Gasteiger charge is 2.38. The molecular weight excluding hydrogens is 320 g/mol. The highest BCUT2D eigenvalue weighted by molar-refractivity contribution is 7.89. The molecule has 1 fully saturated rings. The van der Waals surface area contributed by atoms with E-state index in [4.69, 9.17) is 10.8 Å². The van der Waals surface area contributed by atoms with Gasteiger partial charge in [-0.05, 0) is 49.4 Å². The second kappa shape index (κ2) is 6.29. The van der Waals surface area contributed by atoms with Crippen molar-refractivity contribution in [3.8, 4) is 0 Å². The molecule has 1 aliphatic heterocycles. The summed E-state index contributed by atoms with van der Waals surface area (Å²) in [5, 5.41) is 9.03. The van der Waals surface area contributed by atoms with E-state index >= 15 is 0 Å². The lowest BCUT2D eigenvalue weighted by molar-refractivity contribution is -0.123. The van der Waals surface area contributed by atoms with Gasteiger partial charge in [-0.15, -0.1) is 0 Å². The SMILES string of the molecule is Cc1cc(S(=O)(=O)N2CCC(C)CC2C(N)=O)ccc1C(=O)O. The number of carbonyl (C=O) groups excluding carboxylic acids is 1. The number of carboxylic acid groups (broad SMARTS) is 1. The van der Waals surface area contributed by atoms with Gasteiger partial charge in [-0.3, -0.25) is 4.79 Å². The van der Waals surface area contributed by atoms with Crippen LogP contribution in [0.2, 0.25) is 0 Å². The van der Waals surface area contributed by atoms with Gasteiger partial charge in [0, 0.05) is 6.54 Å². The lowest BCUT2D eigenvalue weighted by atomic mass is 9.94. The van der Waals surface area contributed by atoms with E-state index in [2.05, 4.69) is 0 Å². The van der Waals surface area contributed by atoms with Crippen molar-refractivity contribution in [2.75, 3.05) is 6.54 Å². The van der Waals surface area contributed by atoms with Gasteiger partial charge in [-0.1, -0.05) is 6.92 Å². The van der Waals surface area contributed by atoms with Gasteiger partial charge in [0.15, 0.2) is 0 Å². The molecule has 0 radical (unpaired) electrons. The second-order valence-electron chi connectivity index (χ2n) is 5.95. The average Bonchev–Trinajstić information content (AvgIpc) is 2.46. The summed E-state index contributed by atoms with van der Waals surface area (Å²) in [6.45, 7) is 3.70. The van der Waals surface area contributed by atoms with Gasteiger partial charge in [-0.2, -0.15) is 4.31 Å². The maximum atomic E-state index is 12.8. The van der Waals surface area contributed by atoms with Crippen LogP contribution < -0.4 is 5.73 Å². The maximum Gasteiger partial charge on any atom is 0.335 e. The van der Waals surface area contributed by atoms with Crippen LogP contribution in [0.15, 0.2) is 23.1 Å². The number of sulfonamides is 1. The van der Waals surface area contributed by atoms with Crippen LogP contribution in [-0.2, 0) is 14.8 Å². The van der Waals surface area contributed by atoms with E-state index in [0.29, 0.717) is 18.4 Å². The molecule has 126 valence electrons. The molecule has 1 amide bonds. The fourth-order valence-electron chi connectivity index (χ4n) is 2.84. The molecule has 1 aliphatic rings. The monoisotopic (exact) mass is 340 g/mol. The predicted octanol–water partition coefficient (Wildman–Crippen LogP) is 0.968. The fourth-order valence-corrected chi connectivity index (χ4v) is 4.54. The van der Waals surface area contributed by atoms with Crippen LogP contribution in [0.3, 0.4) is 0 Å². The number of hydrogen-bond acceptors (Lipinski definition) is 4. The van der Waals surface area contributed by atoms with Gasteiger partial charge in [0.2, 0.25) is 15.9 Å². The van der Waals surface area contributed by atoms with Crippen molar-refractivity contribution in [2.45, 2.75) is 37.6 Å². The molecule has 0 bridgehead atoms. The normalized spacial score (nSPS) is 22.7. The molecule has 0 spiro atoms. The number of carboxylic acids is 1. The number of aromatic carboxylic acids is 1. The van der Waals surface area contributed by atoms with Crippen LogP contribution in [0.25, 0.3) is 0 Å². The Morgan fingerprint density at radius 3 is 2.52 bits per heavy atom. The molecule has 7 nitrogen and oxygen atoms in total. The third kappa shape index (κ3) is 3.37. The van der Waals surface area contributed by atoms with Gasteiger partial charge in [0.25, 0.3) is 0 Å². The number of aryl methyl sites for hydroxylation is 1. The number of primary amides is 1. The van der Waals surface area contributed by atoms with Gasteiger partial charge in [0.05, 0.1) is 10.5 Å². The Morgan fingerprint density at radius 2 is 2.00 bits per heavy atom. The Balaban J connectivity index is 2.42. The summed E-state index contributed by atoms with van der Waals surface area (Å²) in [5.41, 5.74) is 5.76. The molecule has 0 aliphatic carbocycles. The van der Waals surface area contributed by atoms with E-state index in [1.54, 1.807) is 0 Å². The first-order chi connectivity index (χ1) is 10.6. The molecule has 1 aromatic carbocycles. The molecule has 2 unspecified atom stereocenters. The van der Waals surface area contributed by atoms with Crippen molar-refractivity contribution < 1.29 is 23.1 Å². The van der Waals surface area contributed by atoms with E-state index < -0.39 is 27.9 Å². The lowest BCUT2D eigenvalue weighted by Gasteiger charge is -2.35. The minimum Gasteiger partial charge on any atom is -0.478 e. The number of carbonyl (C=O) groups is 2. The quantitative estimate of drug-likeness (QED) is 0.846. The fraction of sp³-hybridized carbons (Fsp3) is 0.467. The number of amides is 1.